The topological polar surface area (TPSA) is 174 Å². The van der Waals surface area contributed by atoms with Crippen molar-refractivity contribution in [3.63, 3.8) is 0 Å². The molecule has 6 N–H and O–H groups in total. The minimum atomic E-state index is -1.72. The fraction of sp³-hybridized carbons (Fsp3) is 0.931. The van der Waals surface area contributed by atoms with Gasteiger partial charge >= 0.3 is 0 Å². The second-order valence-electron chi connectivity index (χ2n) is 12.9. The summed E-state index contributed by atoms with van der Waals surface area (Å²) in [5, 5.41) is 64.5. The van der Waals surface area contributed by atoms with Crippen molar-refractivity contribution in [1.82, 2.24) is 0 Å². The summed E-state index contributed by atoms with van der Waals surface area (Å²) >= 11 is 0. The van der Waals surface area contributed by atoms with Crippen LogP contribution in [0.25, 0.3) is 0 Å². The first-order chi connectivity index (χ1) is 17.8. The molecule has 39 heavy (non-hydrogen) atoms. The molecule has 0 amide bonds. The van der Waals surface area contributed by atoms with Crippen molar-refractivity contribution in [2.24, 2.45) is 35.5 Å². The van der Waals surface area contributed by atoms with E-state index in [1.165, 1.54) is 13.8 Å². The second-order valence-corrected chi connectivity index (χ2v) is 12.9. The van der Waals surface area contributed by atoms with Crippen LogP contribution < -0.4 is 0 Å². The molecule has 2 fully saturated rings. The van der Waals surface area contributed by atoms with Crippen molar-refractivity contribution in [1.29, 1.82) is 0 Å². The predicted octanol–water partition coefficient (Wildman–Crippen LogP) is 1.20. The van der Waals surface area contributed by atoms with Gasteiger partial charge < -0.3 is 40.1 Å². The molecule has 1 aliphatic heterocycles. The number of hydrogen-bond donors (Lipinski definition) is 6. The zero-order valence-electron chi connectivity index (χ0n) is 24.8. The van der Waals surface area contributed by atoms with Gasteiger partial charge in [-0.2, -0.15) is 0 Å². The van der Waals surface area contributed by atoms with Crippen molar-refractivity contribution in [3.8, 4) is 0 Å². The Kier molecular flexibility index (Phi) is 11.7. The first-order valence-electron chi connectivity index (χ1n) is 14.3. The van der Waals surface area contributed by atoms with Gasteiger partial charge in [0.25, 0.3) is 0 Å². The largest absolute Gasteiger partial charge is 0.396 e. The quantitative estimate of drug-likeness (QED) is 0.293. The zero-order chi connectivity index (χ0) is 30.0. The van der Waals surface area contributed by atoms with Gasteiger partial charge in [-0.05, 0) is 45.4 Å². The summed E-state index contributed by atoms with van der Waals surface area (Å²) in [6, 6.07) is 0. The number of Topliss-reactive ketones (excluding diaryl/α,β-unsaturated/α-hetero) is 2. The van der Waals surface area contributed by atoms with Gasteiger partial charge in [-0.15, -0.1) is 0 Å². The Balaban J connectivity index is 2.50. The average molecular weight is 561 g/mol. The third kappa shape index (κ3) is 7.86. The Morgan fingerprint density at radius 2 is 1.44 bits per heavy atom. The Morgan fingerprint density at radius 3 is 1.97 bits per heavy atom. The lowest BCUT2D eigenvalue weighted by molar-refractivity contribution is -0.294. The molecule has 1 aliphatic carbocycles. The molecule has 1 saturated heterocycles. The van der Waals surface area contributed by atoms with E-state index in [1.54, 1.807) is 41.5 Å². The van der Waals surface area contributed by atoms with Crippen molar-refractivity contribution in [2.75, 3.05) is 6.61 Å². The fourth-order valence-corrected chi connectivity index (χ4v) is 6.56. The number of carbonyl (C=O) groups excluding carboxylic acids is 2. The maximum absolute atomic E-state index is 13.6. The van der Waals surface area contributed by atoms with Crippen LogP contribution >= 0.6 is 0 Å². The summed E-state index contributed by atoms with van der Waals surface area (Å²) in [7, 11) is 0. The van der Waals surface area contributed by atoms with Crippen LogP contribution in [0.15, 0.2) is 0 Å². The number of rotatable bonds is 4. The van der Waals surface area contributed by atoms with Crippen LogP contribution in [0.1, 0.15) is 81.1 Å². The van der Waals surface area contributed by atoms with Crippen molar-refractivity contribution in [2.45, 2.75) is 129 Å². The summed E-state index contributed by atoms with van der Waals surface area (Å²) in [6.45, 7) is 12.7. The number of hydrogen-bond acceptors (Lipinski definition) is 10. The first kappa shape index (κ1) is 34.2. The molecule has 1 heterocycles. The second kappa shape index (κ2) is 13.3. The summed E-state index contributed by atoms with van der Waals surface area (Å²) in [4.78, 5) is 26.9. The van der Waals surface area contributed by atoms with Gasteiger partial charge in [0, 0.05) is 43.1 Å². The van der Waals surface area contributed by atoms with E-state index in [0.717, 1.165) is 0 Å². The highest BCUT2D eigenvalue weighted by molar-refractivity contribution is 5.83. The number of carbonyl (C=O) groups is 2. The highest BCUT2D eigenvalue weighted by Crippen LogP contribution is 2.38. The van der Waals surface area contributed by atoms with E-state index < -0.39 is 83.5 Å². The van der Waals surface area contributed by atoms with E-state index in [1.807, 2.05) is 0 Å². The molecule has 10 heteroatoms. The van der Waals surface area contributed by atoms with E-state index in [0.29, 0.717) is 0 Å². The number of aliphatic hydroxyl groups excluding tert-OH is 4. The third-order valence-corrected chi connectivity index (χ3v) is 9.40. The van der Waals surface area contributed by atoms with Crippen LogP contribution in [0.3, 0.4) is 0 Å². The molecule has 4 unspecified atom stereocenters. The lowest BCUT2D eigenvalue weighted by Gasteiger charge is -2.45. The molecular weight excluding hydrogens is 508 g/mol. The number of aliphatic hydroxyl groups is 6. The van der Waals surface area contributed by atoms with Crippen LogP contribution in [0.4, 0.5) is 0 Å². The Hall–Kier alpha value is -0.980. The highest BCUT2D eigenvalue weighted by atomic mass is 16.7. The molecule has 0 aromatic carbocycles. The fourth-order valence-electron chi connectivity index (χ4n) is 6.56. The predicted molar refractivity (Wildman–Crippen MR) is 143 cm³/mol. The smallest absolute Gasteiger partial charge is 0.161 e. The summed E-state index contributed by atoms with van der Waals surface area (Å²) in [5.74, 6) is -4.37. The van der Waals surface area contributed by atoms with E-state index in [9.17, 15) is 40.2 Å². The highest BCUT2D eigenvalue weighted by Gasteiger charge is 2.48. The average Bonchev–Trinajstić information content (AvgIpc) is 2.85. The third-order valence-electron chi connectivity index (χ3n) is 9.40. The molecule has 0 spiro atoms. The van der Waals surface area contributed by atoms with Crippen LogP contribution in [0.5, 0.6) is 0 Å². The molecule has 10 nitrogen and oxygen atoms in total. The van der Waals surface area contributed by atoms with E-state index >= 15 is 0 Å². The van der Waals surface area contributed by atoms with Crippen LogP contribution in [-0.4, -0.2) is 96.8 Å². The molecular formula is C29H52O10. The van der Waals surface area contributed by atoms with Crippen LogP contribution in [0.2, 0.25) is 0 Å². The van der Waals surface area contributed by atoms with Crippen LogP contribution in [0, 0.1) is 35.5 Å². The molecule has 2 rings (SSSR count). The normalized spacial score (nSPS) is 49.5. The van der Waals surface area contributed by atoms with E-state index in [4.69, 9.17) is 9.47 Å². The van der Waals surface area contributed by atoms with Crippen molar-refractivity contribution < 1.29 is 49.7 Å². The van der Waals surface area contributed by atoms with Gasteiger partial charge in [0.05, 0.1) is 35.6 Å². The minimum Gasteiger partial charge on any atom is -0.396 e. The molecule has 14 atom stereocenters. The lowest BCUT2D eigenvalue weighted by atomic mass is 9.71. The van der Waals surface area contributed by atoms with Crippen molar-refractivity contribution in [3.05, 3.63) is 0 Å². The zero-order valence-corrected chi connectivity index (χ0v) is 24.8. The molecule has 0 radical (unpaired) electrons. The molecule has 0 aromatic rings. The van der Waals surface area contributed by atoms with Crippen molar-refractivity contribution >= 4 is 11.6 Å². The molecule has 2 aliphatic rings. The molecule has 0 bridgehead atoms. The lowest BCUT2D eigenvalue weighted by Crippen LogP contribution is -2.57. The molecule has 0 aromatic heterocycles. The Labute approximate surface area is 232 Å². The van der Waals surface area contributed by atoms with Gasteiger partial charge in [-0.3, -0.25) is 9.59 Å². The Morgan fingerprint density at radius 1 is 0.872 bits per heavy atom. The molecule has 1 saturated carbocycles. The van der Waals surface area contributed by atoms with E-state index in [-0.39, 0.29) is 43.9 Å². The Bertz CT molecular complexity index is 829. The number of ketones is 2. The monoisotopic (exact) mass is 560 g/mol. The maximum atomic E-state index is 13.6. The first-order valence-corrected chi connectivity index (χ1v) is 14.3. The van der Waals surface area contributed by atoms with Gasteiger partial charge in [-0.1, -0.05) is 34.6 Å². The maximum Gasteiger partial charge on any atom is 0.161 e. The van der Waals surface area contributed by atoms with Gasteiger partial charge in [0.15, 0.2) is 6.29 Å². The summed E-state index contributed by atoms with van der Waals surface area (Å²) < 4.78 is 12.1. The van der Waals surface area contributed by atoms with Crippen LogP contribution in [-0.2, 0) is 19.1 Å². The SMILES string of the molecule is CC1OC(O[C@H]2[C@H](C)[C@@H](O)[C@](C)(O)C[C@@H](C)C(=O)[C@H](C)[C@@H](O)[C@@H](C)[C@@H](CCO)CC(=O)[C@@H]2C)CC(C)(O)C1O. The van der Waals surface area contributed by atoms with Gasteiger partial charge in [0.2, 0.25) is 0 Å². The summed E-state index contributed by atoms with van der Waals surface area (Å²) in [6.07, 6.45) is -6.18. The van der Waals surface area contributed by atoms with Gasteiger partial charge in [-0.25, -0.2) is 0 Å². The summed E-state index contributed by atoms with van der Waals surface area (Å²) in [5.41, 5.74) is -3.23. The molecule has 228 valence electrons. The standard InChI is InChI=1S/C29H52O10/c1-14-12-28(7,36)26(34)18(5)25(39-22-13-29(8,37)27(35)19(6)38-22)16(3)21(31)11-20(9-10-30)15(2)24(33)17(4)23(14)32/h14-20,22,24-27,30,33-37H,9-13H2,1-8H3/t14-,15+,16+,17+,18+,19?,20+,22?,24+,25-,26-,27?,28-,29?/m1/s1. The minimum absolute atomic E-state index is 0.00778. The van der Waals surface area contributed by atoms with Gasteiger partial charge in [0.1, 0.15) is 17.7 Å². The van der Waals surface area contributed by atoms with E-state index in [2.05, 4.69) is 0 Å². The number of ether oxygens (including phenoxy) is 2.